The van der Waals surface area contributed by atoms with Gasteiger partial charge in [-0.15, -0.1) is 0 Å². The first-order chi connectivity index (χ1) is 11.6. The number of carbonyl (C=O) groups is 1. The molecule has 1 aromatic carbocycles. The van der Waals surface area contributed by atoms with Gasteiger partial charge in [-0.25, -0.2) is 0 Å². The van der Waals surface area contributed by atoms with Crippen molar-refractivity contribution in [3.8, 4) is 0 Å². The Morgan fingerprint density at radius 1 is 1.38 bits per heavy atom. The van der Waals surface area contributed by atoms with Crippen LogP contribution in [0.15, 0.2) is 28.8 Å². The van der Waals surface area contributed by atoms with Crippen molar-refractivity contribution in [1.82, 2.24) is 15.0 Å². The number of likely N-dealkylation sites (tertiary alicyclic amines) is 1. The molecule has 1 aromatic heterocycles. The molecule has 0 bridgehead atoms. The molecule has 2 heterocycles. The van der Waals surface area contributed by atoms with E-state index in [0.717, 1.165) is 42.2 Å². The van der Waals surface area contributed by atoms with Gasteiger partial charge in [-0.1, -0.05) is 35.0 Å². The molecule has 0 spiro atoms. The molecule has 1 aliphatic carbocycles. The van der Waals surface area contributed by atoms with Gasteiger partial charge in [0.15, 0.2) is 5.82 Å². The molecule has 3 atom stereocenters. The molecule has 3 unspecified atom stereocenters. The summed E-state index contributed by atoms with van der Waals surface area (Å²) in [6.45, 7) is 3.29. The molecule has 6 heteroatoms. The minimum absolute atomic E-state index is 0.0654. The standard InChI is InChI=1S/C18H20ClN3O2/c1-11-20-17(21-24-11)12-5-4-8-22(10-12)18(23)15-9-14(15)13-6-2-3-7-16(13)19/h2-3,6-7,12,14-15H,4-5,8-10H2,1H3. The molecule has 0 N–H and O–H groups in total. The van der Waals surface area contributed by atoms with Crippen molar-refractivity contribution in [3.05, 3.63) is 46.6 Å². The Balaban J connectivity index is 1.43. The van der Waals surface area contributed by atoms with E-state index in [0.29, 0.717) is 12.4 Å². The molecule has 0 radical (unpaired) electrons. The molecule has 4 rings (SSSR count). The first kappa shape index (κ1) is 15.6. The Kier molecular flexibility index (Phi) is 4.04. The van der Waals surface area contributed by atoms with Crippen LogP contribution < -0.4 is 0 Å². The Hall–Kier alpha value is -1.88. The van der Waals surface area contributed by atoms with Gasteiger partial charge in [0.2, 0.25) is 11.8 Å². The quantitative estimate of drug-likeness (QED) is 0.853. The van der Waals surface area contributed by atoms with Crippen molar-refractivity contribution in [2.45, 2.75) is 38.0 Å². The molecule has 24 heavy (non-hydrogen) atoms. The second-order valence-corrected chi connectivity index (χ2v) is 7.17. The first-order valence-electron chi connectivity index (χ1n) is 8.47. The number of hydrogen-bond acceptors (Lipinski definition) is 4. The first-order valence-corrected chi connectivity index (χ1v) is 8.84. The molecule has 2 aromatic rings. The number of nitrogens with zero attached hydrogens (tertiary/aromatic N) is 3. The van der Waals surface area contributed by atoms with Gasteiger partial charge in [0, 0.05) is 36.9 Å². The zero-order chi connectivity index (χ0) is 16.7. The van der Waals surface area contributed by atoms with Gasteiger partial charge in [-0.2, -0.15) is 4.98 Å². The molecule has 5 nitrogen and oxygen atoms in total. The minimum Gasteiger partial charge on any atom is -0.342 e. The van der Waals surface area contributed by atoms with Crippen LogP contribution in [0.2, 0.25) is 5.02 Å². The Morgan fingerprint density at radius 2 is 2.21 bits per heavy atom. The maximum absolute atomic E-state index is 12.9. The summed E-state index contributed by atoms with van der Waals surface area (Å²) in [4.78, 5) is 19.2. The van der Waals surface area contributed by atoms with Gasteiger partial charge in [0.05, 0.1) is 0 Å². The lowest BCUT2D eigenvalue weighted by atomic mass is 9.96. The monoisotopic (exact) mass is 345 g/mol. The second kappa shape index (κ2) is 6.20. The van der Waals surface area contributed by atoms with E-state index >= 15 is 0 Å². The predicted octanol–water partition coefficient (Wildman–Crippen LogP) is 3.54. The van der Waals surface area contributed by atoms with Gasteiger partial charge < -0.3 is 9.42 Å². The number of halogens is 1. The third-order valence-electron chi connectivity index (χ3n) is 5.05. The Bertz CT molecular complexity index is 760. The average molecular weight is 346 g/mol. The Morgan fingerprint density at radius 3 is 2.96 bits per heavy atom. The van der Waals surface area contributed by atoms with E-state index in [1.807, 2.05) is 29.2 Å². The minimum atomic E-state index is 0.0654. The molecule has 1 saturated carbocycles. The summed E-state index contributed by atoms with van der Waals surface area (Å²) < 4.78 is 5.08. The van der Waals surface area contributed by atoms with Crippen LogP contribution in [-0.2, 0) is 4.79 Å². The van der Waals surface area contributed by atoms with E-state index in [9.17, 15) is 4.79 Å². The van der Waals surface area contributed by atoms with Crippen LogP contribution in [-0.4, -0.2) is 34.0 Å². The summed E-state index contributed by atoms with van der Waals surface area (Å²) in [6.07, 6.45) is 2.87. The van der Waals surface area contributed by atoms with Gasteiger partial charge in [-0.3, -0.25) is 4.79 Å². The molecule has 1 aliphatic heterocycles. The van der Waals surface area contributed by atoms with Crippen molar-refractivity contribution >= 4 is 17.5 Å². The van der Waals surface area contributed by atoms with Gasteiger partial charge in [-0.05, 0) is 36.8 Å². The van der Waals surface area contributed by atoms with Crippen LogP contribution >= 0.6 is 11.6 Å². The van der Waals surface area contributed by atoms with Crippen molar-refractivity contribution < 1.29 is 9.32 Å². The largest absolute Gasteiger partial charge is 0.342 e. The van der Waals surface area contributed by atoms with Crippen molar-refractivity contribution in [2.75, 3.05) is 13.1 Å². The third kappa shape index (κ3) is 2.93. The summed E-state index contributed by atoms with van der Waals surface area (Å²) in [5.74, 6) is 2.05. The van der Waals surface area contributed by atoms with E-state index in [2.05, 4.69) is 10.1 Å². The zero-order valence-electron chi connectivity index (χ0n) is 13.6. The molecular weight excluding hydrogens is 326 g/mol. The molecule has 2 aliphatic rings. The lowest BCUT2D eigenvalue weighted by Crippen LogP contribution is -2.40. The number of aryl methyl sites for hydroxylation is 1. The van der Waals surface area contributed by atoms with Crippen LogP contribution in [0.1, 0.15) is 48.4 Å². The fraction of sp³-hybridized carbons (Fsp3) is 0.500. The normalized spacial score (nSPS) is 26.4. The number of piperidine rings is 1. The Labute approximate surface area is 146 Å². The van der Waals surface area contributed by atoms with Crippen LogP contribution in [0.25, 0.3) is 0 Å². The number of aromatic nitrogens is 2. The van der Waals surface area contributed by atoms with Crippen molar-refractivity contribution in [1.29, 1.82) is 0 Å². The van der Waals surface area contributed by atoms with Crippen LogP contribution in [0.5, 0.6) is 0 Å². The SMILES string of the molecule is Cc1nc(C2CCCN(C(=O)C3CC3c3ccccc3Cl)C2)no1. The fourth-order valence-electron chi connectivity index (χ4n) is 3.69. The van der Waals surface area contributed by atoms with E-state index < -0.39 is 0 Å². The lowest BCUT2D eigenvalue weighted by Gasteiger charge is -2.31. The third-order valence-corrected chi connectivity index (χ3v) is 5.40. The highest BCUT2D eigenvalue weighted by Crippen LogP contribution is 2.50. The average Bonchev–Trinajstić information content (AvgIpc) is 3.27. The van der Waals surface area contributed by atoms with Crippen LogP contribution in [0.3, 0.4) is 0 Å². The highest BCUT2D eigenvalue weighted by atomic mass is 35.5. The number of rotatable bonds is 3. The predicted molar refractivity (Wildman–Crippen MR) is 89.9 cm³/mol. The fourth-order valence-corrected chi connectivity index (χ4v) is 3.97. The molecule has 1 amide bonds. The number of benzene rings is 1. The van der Waals surface area contributed by atoms with E-state index in [4.69, 9.17) is 16.1 Å². The van der Waals surface area contributed by atoms with Crippen LogP contribution in [0, 0.1) is 12.8 Å². The number of carbonyl (C=O) groups excluding carboxylic acids is 1. The smallest absolute Gasteiger partial charge is 0.226 e. The molecule has 1 saturated heterocycles. The molecule has 126 valence electrons. The summed E-state index contributed by atoms with van der Waals surface area (Å²) in [6, 6.07) is 7.83. The summed E-state index contributed by atoms with van der Waals surface area (Å²) in [7, 11) is 0. The number of hydrogen-bond donors (Lipinski definition) is 0. The maximum atomic E-state index is 12.9. The lowest BCUT2D eigenvalue weighted by molar-refractivity contribution is -0.133. The highest BCUT2D eigenvalue weighted by molar-refractivity contribution is 6.31. The summed E-state index contributed by atoms with van der Waals surface area (Å²) in [5.41, 5.74) is 1.10. The van der Waals surface area contributed by atoms with E-state index in [1.165, 1.54) is 0 Å². The summed E-state index contributed by atoms with van der Waals surface area (Å²) in [5, 5.41) is 4.79. The number of amides is 1. The van der Waals surface area contributed by atoms with Gasteiger partial charge in [0.25, 0.3) is 0 Å². The summed E-state index contributed by atoms with van der Waals surface area (Å²) >= 11 is 6.27. The van der Waals surface area contributed by atoms with Gasteiger partial charge >= 0.3 is 0 Å². The highest BCUT2D eigenvalue weighted by Gasteiger charge is 2.47. The topological polar surface area (TPSA) is 59.2 Å². The van der Waals surface area contributed by atoms with E-state index in [-0.39, 0.29) is 23.7 Å². The second-order valence-electron chi connectivity index (χ2n) is 6.77. The van der Waals surface area contributed by atoms with Crippen molar-refractivity contribution in [3.63, 3.8) is 0 Å². The zero-order valence-corrected chi connectivity index (χ0v) is 14.4. The van der Waals surface area contributed by atoms with Crippen molar-refractivity contribution in [2.24, 2.45) is 5.92 Å². The van der Waals surface area contributed by atoms with Gasteiger partial charge in [0.1, 0.15) is 0 Å². The molecule has 2 fully saturated rings. The molecular formula is C18H20ClN3O2. The maximum Gasteiger partial charge on any atom is 0.226 e. The van der Waals surface area contributed by atoms with Crippen LogP contribution in [0.4, 0.5) is 0 Å². The van der Waals surface area contributed by atoms with E-state index in [1.54, 1.807) is 6.92 Å².